The smallest absolute Gasteiger partial charge is 0.131 e. The van der Waals surface area contributed by atoms with Crippen LogP contribution in [0.15, 0.2) is 54.6 Å². The number of rotatable bonds is 2. The Kier molecular flexibility index (Phi) is 3.72. The third kappa shape index (κ3) is 2.64. The van der Waals surface area contributed by atoms with Crippen LogP contribution in [0.3, 0.4) is 0 Å². The van der Waals surface area contributed by atoms with Gasteiger partial charge in [-0.3, -0.25) is 0 Å². The minimum absolute atomic E-state index is 0.192. The van der Waals surface area contributed by atoms with Crippen molar-refractivity contribution in [1.82, 2.24) is 0 Å². The molecule has 0 bridgehead atoms. The molecule has 2 aromatic rings. The van der Waals surface area contributed by atoms with Crippen LogP contribution in [0.4, 0.5) is 5.69 Å². The topological polar surface area (TPSA) is 32.7 Å². The standard InChI is InChI=1S/C21H23NO2/c1-2-17-15-21(12-11-16-5-3-4-6-20(16)24-21)13-14-22(17)18-7-9-19(23)10-8-18/h3-12,17,23H,2,13-15H2,1H3. The Labute approximate surface area is 143 Å². The molecule has 124 valence electrons. The summed E-state index contributed by atoms with van der Waals surface area (Å²) in [5, 5.41) is 9.52. The molecule has 2 aliphatic rings. The molecule has 2 heterocycles. The maximum absolute atomic E-state index is 9.52. The van der Waals surface area contributed by atoms with Crippen molar-refractivity contribution in [3.8, 4) is 11.5 Å². The number of fused-ring (bicyclic) bond motifs is 1. The first-order chi connectivity index (χ1) is 11.7. The van der Waals surface area contributed by atoms with Gasteiger partial charge in [0, 0.05) is 36.7 Å². The normalized spacial score (nSPS) is 25.4. The molecule has 0 aliphatic carbocycles. The fourth-order valence-electron chi connectivity index (χ4n) is 3.90. The summed E-state index contributed by atoms with van der Waals surface area (Å²) in [5.41, 5.74) is 2.15. The van der Waals surface area contributed by atoms with E-state index in [1.165, 1.54) is 5.69 Å². The molecule has 0 aromatic heterocycles. The first-order valence-corrected chi connectivity index (χ1v) is 8.72. The van der Waals surface area contributed by atoms with E-state index in [-0.39, 0.29) is 5.60 Å². The van der Waals surface area contributed by atoms with Crippen molar-refractivity contribution < 1.29 is 9.84 Å². The van der Waals surface area contributed by atoms with Crippen LogP contribution in [0.25, 0.3) is 6.08 Å². The van der Waals surface area contributed by atoms with E-state index in [1.54, 1.807) is 12.1 Å². The van der Waals surface area contributed by atoms with Gasteiger partial charge < -0.3 is 14.7 Å². The van der Waals surface area contributed by atoms with E-state index in [0.717, 1.165) is 37.1 Å². The molecule has 1 saturated heterocycles. The van der Waals surface area contributed by atoms with E-state index in [2.05, 4.69) is 36.1 Å². The number of phenols is 1. The summed E-state index contributed by atoms with van der Waals surface area (Å²) in [6, 6.07) is 16.2. The van der Waals surface area contributed by atoms with Gasteiger partial charge in [0.25, 0.3) is 0 Å². The lowest BCUT2D eigenvalue weighted by Crippen LogP contribution is -2.52. The quantitative estimate of drug-likeness (QED) is 0.876. The summed E-state index contributed by atoms with van der Waals surface area (Å²) in [5.74, 6) is 1.31. The number of anilines is 1. The summed E-state index contributed by atoms with van der Waals surface area (Å²) in [6.07, 6.45) is 7.49. The van der Waals surface area contributed by atoms with Crippen molar-refractivity contribution in [1.29, 1.82) is 0 Å². The molecule has 2 atom stereocenters. The van der Waals surface area contributed by atoms with Gasteiger partial charge in [-0.05, 0) is 42.8 Å². The van der Waals surface area contributed by atoms with Gasteiger partial charge in [-0.1, -0.05) is 31.2 Å². The number of para-hydroxylation sites is 1. The van der Waals surface area contributed by atoms with E-state index in [9.17, 15) is 5.11 Å². The molecule has 0 amide bonds. The highest BCUT2D eigenvalue weighted by Gasteiger charge is 2.41. The zero-order valence-electron chi connectivity index (χ0n) is 14.0. The minimum atomic E-state index is -0.192. The van der Waals surface area contributed by atoms with Crippen molar-refractivity contribution in [3.63, 3.8) is 0 Å². The maximum Gasteiger partial charge on any atom is 0.131 e. The van der Waals surface area contributed by atoms with E-state index in [1.807, 2.05) is 24.3 Å². The zero-order valence-corrected chi connectivity index (χ0v) is 14.0. The van der Waals surface area contributed by atoms with Gasteiger partial charge in [-0.2, -0.15) is 0 Å². The van der Waals surface area contributed by atoms with Gasteiger partial charge in [0.15, 0.2) is 0 Å². The number of piperidine rings is 1. The summed E-state index contributed by atoms with van der Waals surface area (Å²) in [6.45, 7) is 3.19. The Morgan fingerprint density at radius 2 is 1.96 bits per heavy atom. The lowest BCUT2D eigenvalue weighted by atomic mass is 9.82. The lowest BCUT2D eigenvalue weighted by molar-refractivity contribution is 0.0734. The first-order valence-electron chi connectivity index (χ1n) is 8.72. The van der Waals surface area contributed by atoms with E-state index in [4.69, 9.17) is 4.74 Å². The second-order valence-electron chi connectivity index (χ2n) is 6.76. The molecule has 2 unspecified atom stereocenters. The molecule has 1 N–H and O–H groups in total. The van der Waals surface area contributed by atoms with Crippen LogP contribution < -0.4 is 9.64 Å². The lowest BCUT2D eigenvalue weighted by Gasteiger charge is -2.47. The average Bonchev–Trinajstić information content (AvgIpc) is 2.62. The fraction of sp³-hybridized carbons (Fsp3) is 0.333. The molecule has 2 aromatic carbocycles. The van der Waals surface area contributed by atoms with Crippen molar-refractivity contribution >= 4 is 11.8 Å². The molecule has 1 spiro atoms. The number of hydrogen-bond acceptors (Lipinski definition) is 3. The Morgan fingerprint density at radius 3 is 2.75 bits per heavy atom. The van der Waals surface area contributed by atoms with Crippen LogP contribution >= 0.6 is 0 Å². The molecule has 2 aliphatic heterocycles. The first kappa shape index (κ1) is 15.1. The predicted octanol–water partition coefficient (Wildman–Crippen LogP) is 4.62. The van der Waals surface area contributed by atoms with Gasteiger partial charge in [0.1, 0.15) is 17.1 Å². The zero-order chi connectivity index (χ0) is 16.6. The van der Waals surface area contributed by atoms with E-state index < -0.39 is 0 Å². The summed E-state index contributed by atoms with van der Waals surface area (Å²) in [7, 11) is 0. The van der Waals surface area contributed by atoms with E-state index in [0.29, 0.717) is 11.8 Å². The molecular weight excluding hydrogens is 298 g/mol. The van der Waals surface area contributed by atoms with Crippen molar-refractivity contribution in [3.05, 3.63) is 60.2 Å². The summed E-state index contributed by atoms with van der Waals surface area (Å²) < 4.78 is 6.44. The highest BCUT2D eigenvalue weighted by Crippen LogP contribution is 2.40. The Morgan fingerprint density at radius 1 is 1.17 bits per heavy atom. The maximum atomic E-state index is 9.52. The van der Waals surface area contributed by atoms with Crippen molar-refractivity contribution in [2.75, 3.05) is 11.4 Å². The van der Waals surface area contributed by atoms with Gasteiger partial charge in [-0.25, -0.2) is 0 Å². The molecule has 0 radical (unpaired) electrons. The molecule has 3 nitrogen and oxygen atoms in total. The number of benzene rings is 2. The number of nitrogens with zero attached hydrogens (tertiary/aromatic N) is 1. The monoisotopic (exact) mass is 321 g/mol. The Bertz CT molecular complexity index is 753. The molecule has 0 saturated carbocycles. The Hall–Kier alpha value is -2.42. The summed E-state index contributed by atoms with van der Waals surface area (Å²) >= 11 is 0. The van der Waals surface area contributed by atoms with Crippen LogP contribution in [-0.4, -0.2) is 23.3 Å². The van der Waals surface area contributed by atoms with Crippen LogP contribution in [0.2, 0.25) is 0 Å². The molecule has 24 heavy (non-hydrogen) atoms. The highest BCUT2D eigenvalue weighted by atomic mass is 16.5. The van der Waals surface area contributed by atoms with Gasteiger partial charge in [-0.15, -0.1) is 0 Å². The van der Waals surface area contributed by atoms with Crippen LogP contribution in [-0.2, 0) is 0 Å². The van der Waals surface area contributed by atoms with Gasteiger partial charge in [0.05, 0.1) is 0 Å². The van der Waals surface area contributed by atoms with Crippen LogP contribution in [0.5, 0.6) is 11.5 Å². The Balaban J connectivity index is 1.58. The second-order valence-corrected chi connectivity index (χ2v) is 6.76. The van der Waals surface area contributed by atoms with Gasteiger partial charge in [0.2, 0.25) is 0 Å². The SMILES string of the molecule is CCC1CC2(C=Cc3ccccc3O2)CCN1c1ccc(O)cc1. The minimum Gasteiger partial charge on any atom is -0.508 e. The number of ether oxygens (including phenoxy) is 1. The average molecular weight is 321 g/mol. The number of aromatic hydroxyl groups is 1. The molecule has 4 rings (SSSR count). The summed E-state index contributed by atoms with van der Waals surface area (Å²) in [4.78, 5) is 2.45. The third-order valence-electron chi connectivity index (χ3n) is 5.25. The highest BCUT2D eigenvalue weighted by molar-refractivity contribution is 5.61. The largest absolute Gasteiger partial charge is 0.508 e. The van der Waals surface area contributed by atoms with Crippen LogP contribution in [0.1, 0.15) is 31.7 Å². The van der Waals surface area contributed by atoms with Crippen molar-refractivity contribution in [2.45, 2.75) is 37.8 Å². The number of phenolic OH excluding ortho intramolecular Hbond substituents is 1. The fourth-order valence-corrected chi connectivity index (χ4v) is 3.90. The molecule has 3 heteroatoms. The number of hydrogen-bond donors (Lipinski definition) is 1. The molecule has 1 fully saturated rings. The molecular formula is C21H23NO2. The van der Waals surface area contributed by atoms with Crippen molar-refractivity contribution in [2.24, 2.45) is 0 Å². The third-order valence-corrected chi connectivity index (χ3v) is 5.25. The van der Waals surface area contributed by atoms with E-state index >= 15 is 0 Å². The van der Waals surface area contributed by atoms with Gasteiger partial charge >= 0.3 is 0 Å². The van der Waals surface area contributed by atoms with Crippen LogP contribution in [0, 0.1) is 0 Å². The second kappa shape index (κ2) is 5.90. The predicted molar refractivity (Wildman–Crippen MR) is 97.6 cm³/mol.